The minimum atomic E-state index is -0.812. The maximum Gasteiger partial charge on any atom is 0.519 e. The highest BCUT2D eigenvalue weighted by Crippen LogP contribution is 2.43. The van der Waals surface area contributed by atoms with E-state index in [9.17, 15) is 4.79 Å². The average Bonchev–Trinajstić information content (AvgIpc) is 3.02. The summed E-state index contributed by atoms with van der Waals surface area (Å²) in [6.45, 7) is 8.01. The van der Waals surface area contributed by atoms with Gasteiger partial charge in [0.1, 0.15) is 11.2 Å². The van der Waals surface area contributed by atoms with Gasteiger partial charge in [-0.15, -0.1) is 0 Å². The minimum absolute atomic E-state index is 0.314. The predicted molar refractivity (Wildman–Crippen MR) is 96.4 cm³/mol. The molecule has 4 rings (SSSR count). The number of carbonyl (C=O) groups excluding carboxylic acids is 1. The van der Waals surface area contributed by atoms with Crippen LogP contribution in [-0.2, 0) is 12.8 Å². The summed E-state index contributed by atoms with van der Waals surface area (Å²) in [6, 6.07) is 11.0. The van der Waals surface area contributed by atoms with Gasteiger partial charge < -0.3 is 18.9 Å². The van der Waals surface area contributed by atoms with Crippen molar-refractivity contribution in [3.8, 4) is 23.0 Å². The Morgan fingerprint density at radius 1 is 0.808 bits per heavy atom. The van der Waals surface area contributed by atoms with Gasteiger partial charge in [0.25, 0.3) is 0 Å². The summed E-state index contributed by atoms with van der Waals surface area (Å²) >= 11 is 0. The second kappa shape index (κ2) is 5.66. The lowest BCUT2D eigenvalue weighted by Crippen LogP contribution is -2.25. The van der Waals surface area contributed by atoms with Crippen LogP contribution in [0.25, 0.3) is 0 Å². The summed E-state index contributed by atoms with van der Waals surface area (Å²) < 4.78 is 22.7. The van der Waals surface area contributed by atoms with E-state index in [0.717, 1.165) is 24.0 Å². The van der Waals surface area contributed by atoms with Crippen molar-refractivity contribution >= 4 is 6.16 Å². The van der Waals surface area contributed by atoms with E-state index < -0.39 is 6.16 Å². The van der Waals surface area contributed by atoms with Crippen LogP contribution in [0.15, 0.2) is 36.4 Å². The van der Waals surface area contributed by atoms with Gasteiger partial charge in [-0.25, -0.2) is 4.79 Å². The van der Waals surface area contributed by atoms with E-state index in [1.165, 1.54) is 0 Å². The molecule has 5 heteroatoms. The number of hydrogen-bond donors (Lipinski definition) is 0. The highest BCUT2D eigenvalue weighted by Gasteiger charge is 2.34. The Hall–Kier alpha value is -2.69. The van der Waals surface area contributed by atoms with Crippen molar-refractivity contribution in [1.82, 2.24) is 0 Å². The van der Waals surface area contributed by atoms with Crippen molar-refractivity contribution in [1.29, 1.82) is 0 Å². The number of fused-ring (bicyclic) bond motifs is 2. The van der Waals surface area contributed by atoms with Gasteiger partial charge in [0.05, 0.1) is 0 Å². The third-order valence-corrected chi connectivity index (χ3v) is 4.50. The normalized spacial score (nSPS) is 18.3. The number of hydrogen-bond acceptors (Lipinski definition) is 5. The minimum Gasteiger partial charge on any atom is -0.483 e. The topological polar surface area (TPSA) is 54.0 Å². The molecule has 0 unspecified atom stereocenters. The molecule has 5 nitrogen and oxygen atoms in total. The van der Waals surface area contributed by atoms with Gasteiger partial charge in [-0.3, -0.25) is 0 Å². The molecule has 2 aromatic rings. The molecular weight excluding hydrogens is 332 g/mol. The number of para-hydroxylation sites is 2. The quantitative estimate of drug-likeness (QED) is 0.578. The second-order valence-electron chi connectivity index (χ2n) is 8.02. The summed E-state index contributed by atoms with van der Waals surface area (Å²) in [4.78, 5) is 12.3. The maximum absolute atomic E-state index is 12.3. The standard InChI is InChI=1S/C21H22O5/c1-20(2)11-13-7-5-9-15(17(13)25-20)23-19(22)24-16-10-6-8-14-12-21(3,4)26-18(14)16/h5-10H,11-12H2,1-4H3. The molecular formula is C21H22O5. The van der Waals surface area contributed by atoms with Gasteiger partial charge in [-0.1, -0.05) is 24.3 Å². The molecule has 0 bridgehead atoms. The molecule has 26 heavy (non-hydrogen) atoms. The number of benzene rings is 2. The molecule has 2 aliphatic heterocycles. The van der Waals surface area contributed by atoms with Crippen molar-refractivity contribution < 1.29 is 23.7 Å². The monoisotopic (exact) mass is 354 g/mol. The van der Waals surface area contributed by atoms with Crippen molar-refractivity contribution in [3.05, 3.63) is 47.5 Å². The average molecular weight is 354 g/mol. The van der Waals surface area contributed by atoms with Crippen LogP contribution in [0, 0.1) is 0 Å². The van der Waals surface area contributed by atoms with E-state index in [1.54, 1.807) is 12.1 Å². The fraction of sp³-hybridized carbons (Fsp3) is 0.381. The molecule has 0 saturated carbocycles. The molecule has 136 valence electrons. The number of ether oxygens (including phenoxy) is 4. The van der Waals surface area contributed by atoms with Crippen LogP contribution >= 0.6 is 0 Å². The Bertz CT molecular complexity index is 810. The molecule has 0 amide bonds. The van der Waals surface area contributed by atoms with Crippen LogP contribution in [0.4, 0.5) is 4.79 Å². The van der Waals surface area contributed by atoms with Crippen LogP contribution in [0.5, 0.6) is 23.0 Å². The molecule has 0 fully saturated rings. The molecule has 0 radical (unpaired) electrons. The predicted octanol–water partition coefficient (Wildman–Crippen LogP) is 4.69. The molecule has 0 atom stereocenters. The van der Waals surface area contributed by atoms with Crippen LogP contribution < -0.4 is 18.9 Å². The Morgan fingerprint density at radius 2 is 1.23 bits per heavy atom. The first-order valence-corrected chi connectivity index (χ1v) is 8.74. The highest BCUT2D eigenvalue weighted by molar-refractivity contribution is 5.70. The summed E-state index contributed by atoms with van der Waals surface area (Å²) in [5.74, 6) is 1.94. The molecule has 0 aliphatic carbocycles. The van der Waals surface area contributed by atoms with Crippen molar-refractivity contribution in [2.75, 3.05) is 0 Å². The highest BCUT2D eigenvalue weighted by atomic mass is 16.7. The van der Waals surface area contributed by atoms with E-state index in [0.29, 0.717) is 23.0 Å². The lowest BCUT2D eigenvalue weighted by Gasteiger charge is -2.18. The number of rotatable bonds is 2. The fourth-order valence-corrected chi connectivity index (χ4v) is 3.54. The van der Waals surface area contributed by atoms with Crippen LogP contribution in [0.1, 0.15) is 38.8 Å². The van der Waals surface area contributed by atoms with Crippen molar-refractivity contribution in [2.24, 2.45) is 0 Å². The van der Waals surface area contributed by atoms with Crippen LogP contribution in [0.2, 0.25) is 0 Å². The van der Waals surface area contributed by atoms with E-state index in [-0.39, 0.29) is 11.2 Å². The van der Waals surface area contributed by atoms with Gasteiger partial charge in [-0.2, -0.15) is 0 Å². The lowest BCUT2D eigenvalue weighted by molar-refractivity contribution is 0.119. The molecule has 2 aliphatic rings. The summed E-state index contributed by atoms with van der Waals surface area (Å²) in [7, 11) is 0. The smallest absolute Gasteiger partial charge is 0.483 e. The third-order valence-electron chi connectivity index (χ3n) is 4.50. The molecule has 0 aromatic heterocycles. The summed E-state index contributed by atoms with van der Waals surface area (Å²) in [6.07, 6.45) is 0.723. The first-order chi connectivity index (χ1) is 12.2. The van der Waals surface area contributed by atoms with Gasteiger partial charge in [0, 0.05) is 24.0 Å². The van der Waals surface area contributed by atoms with Gasteiger partial charge in [-0.05, 0) is 39.8 Å². The van der Waals surface area contributed by atoms with Crippen molar-refractivity contribution in [2.45, 2.75) is 51.7 Å². The van der Waals surface area contributed by atoms with Gasteiger partial charge in [0.15, 0.2) is 23.0 Å². The lowest BCUT2D eigenvalue weighted by atomic mass is 10.0. The Morgan fingerprint density at radius 3 is 1.65 bits per heavy atom. The third kappa shape index (κ3) is 3.09. The van der Waals surface area contributed by atoms with Crippen LogP contribution in [0.3, 0.4) is 0 Å². The van der Waals surface area contributed by atoms with E-state index in [1.807, 2.05) is 52.0 Å². The zero-order valence-electron chi connectivity index (χ0n) is 15.4. The Balaban J connectivity index is 1.53. The first-order valence-electron chi connectivity index (χ1n) is 8.74. The van der Waals surface area contributed by atoms with E-state index in [2.05, 4.69) is 0 Å². The van der Waals surface area contributed by atoms with Gasteiger partial charge >= 0.3 is 6.16 Å². The van der Waals surface area contributed by atoms with E-state index in [4.69, 9.17) is 18.9 Å². The maximum atomic E-state index is 12.3. The zero-order valence-corrected chi connectivity index (χ0v) is 15.4. The largest absolute Gasteiger partial charge is 0.519 e. The molecule has 0 N–H and O–H groups in total. The molecule has 2 aromatic carbocycles. The summed E-state index contributed by atoms with van der Waals surface area (Å²) in [5, 5.41) is 0. The molecule has 0 saturated heterocycles. The van der Waals surface area contributed by atoms with Crippen molar-refractivity contribution in [3.63, 3.8) is 0 Å². The first kappa shape index (κ1) is 16.8. The SMILES string of the molecule is CC1(C)Cc2cccc(OC(=O)Oc3cccc4c3OC(C)(C)C4)c2O1. The second-order valence-corrected chi connectivity index (χ2v) is 8.02. The molecule has 0 spiro atoms. The Kier molecular flexibility index (Phi) is 3.65. The van der Waals surface area contributed by atoms with Gasteiger partial charge in [0.2, 0.25) is 0 Å². The van der Waals surface area contributed by atoms with E-state index >= 15 is 0 Å². The number of carbonyl (C=O) groups is 1. The zero-order chi connectivity index (χ0) is 18.5. The molecule has 2 heterocycles. The summed E-state index contributed by atoms with van der Waals surface area (Å²) in [5.41, 5.74) is 1.41. The van der Waals surface area contributed by atoms with Crippen LogP contribution in [-0.4, -0.2) is 17.4 Å². The Labute approximate surface area is 152 Å². The fourth-order valence-electron chi connectivity index (χ4n) is 3.54.